The predicted octanol–water partition coefficient (Wildman–Crippen LogP) is 7.90. The molecule has 4 heterocycles. The molecule has 1 unspecified atom stereocenters. The number of nitrogens with zero attached hydrogens (tertiary/aromatic N) is 5. The van der Waals surface area contributed by atoms with Crippen LogP contribution in [0.5, 0.6) is 0 Å². The Morgan fingerprint density at radius 1 is 1.00 bits per heavy atom. The highest BCUT2D eigenvalue weighted by Gasteiger charge is 2.73. The molecule has 1 atom stereocenters. The number of anilines is 3. The molecule has 5 aliphatic rings. The van der Waals surface area contributed by atoms with Gasteiger partial charge in [-0.1, -0.05) is 37.5 Å². The van der Waals surface area contributed by atoms with E-state index >= 15 is 0 Å². The number of hydrogen-bond acceptors (Lipinski definition) is 6. The van der Waals surface area contributed by atoms with Gasteiger partial charge in [0.05, 0.1) is 28.4 Å². The molecule has 52 heavy (non-hydrogen) atoms. The molecule has 3 aliphatic carbocycles. The van der Waals surface area contributed by atoms with E-state index in [4.69, 9.17) is 9.97 Å². The maximum absolute atomic E-state index is 14.6. The monoisotopic (exact) mass is 707 g/mol. The minimum atomic E-state index is -2.52. The fourth-order valence-electron chi connectivity index (χ4n) is 9.76. The van der Waals surface area contributed by atoms with Gasteiger partial charge in [0.25, 0.3) is 11.8 Å². The van der Waals surface area contributed by atoms with E-state index in [1.54, 1.807) is 7.05 Å². The Balaban J connectivity index is 1.08. The Bertz CT molecular complexity index is 2120. The van der Waals surface area contributed by atoms with E-state index in [9.17, 15) is 18.4 Å². The number of carbonyl (C=O) groups is 2. The Labute approximate surface area is 303 Å². The van der Waals surface area contributed by atoms with Crippen LogP contribution in [-0.2, 0) is 10.2 Å². The third-order valence-corrected chi connectivity index (χ3v) is 13.0. The summed E-state index contributed by atoms with van der Waals surface area (Å²) in [6.45, 7) is 7.32. The van der Waals surface area contributed by atoms with Gasteiger partial charge < -0.3 is 20.1 Å². The highest BCUT2D eigenvalue weighted by molar-refractivity contribution is 6.09. The SMILES string of the molecule is CNC(=O)c1cc(Nc2nc(-c3ccc4c(c3)N(C3CC(N5CCC6(C5)CC6(F)F)C3)C(=O)C43CCCCC3)cc3ncn(C(C)C)c23)ccc1C. The van der Waals surface area contributed by atoms with Crippen LogP contribution >= 0.6 is 0 Å². The zero-order valence-corrected chi connectivity index (χ0v) is 30.4. The Hall–Kier alpha value is -4.38. The van der Waals surface area contributed by atoms with Gasteiger partial charge in [0.1, 0.15) is 5.52 Å². The van der Waals surface area contributed by atoms with Gasteiger partial charge in [-0.3, -0.25) is 14.5 Å². The molecular weight excluding hydrogens is 660 g/mol. The number of aromatic nitrogens is 3. The summed E-state index contributed by atoms with van der Waals surface area (Å²) in [6, 6.07) is 14.6. The van der Waals surface area contributed by atoms with E-state index in [1.807, 2.05) is 37.5 Å². The van der Waals surface area contributed by atoms with Gasteiger partial charge in [-0.05, 0) is 94.8 Å². The highest BCUT2D eigenvalue weighted by atomic mass is 19.3. The van der Waals surface area contributed by atoms with Crippen molar-refractivity contribution < 1.29 is 18.4 Å². The number of pyridine rings is 1. The minimum absolute atomic E-state index is 0.0206. The number of fused-ring (bicyclic) bond motifs is 3. The van der Waals surface area contributed by atoms with Crippen LogP contribution < -0.4 is 15.5 Å². The van der Waals surface area contributed by atoms with Crippen LogP contribution in [0.4, 0.5) is 26.0 Å². The van der Waals surface area contributed by atoms with Gasteiger partial charge in [-0.2, -0.15) is 0 Å². The molecule has 9 rings (SSSR count). The Morgan fingerprint density at radius 2 is 1.77 bits per heavy atom. The summed E-state index contributed by atoms with van der Waals surface area (Å²) >= 11 is 0. The standard InChI is InChI=1S/C41H47F2N7O2/c1-24(2)49-23-45-33-20-32(47-36(35(33)49)46-27-10-8-25(3)30(17-27)37(51)44-4)26-9-11-31-34(16-26)50(38(52)40(31)12-6-5-7-13-40)29-18-28(19-29)48-15-14-39(22-48)21-41(39,42)43/h8-11,16-17,20,23-24,28-29H,5-7,12-15,18-19,21-22H2,1-4H3,(H,44,51)(H,46,47). The number of hydrogen-bond donors (Lipinski definition) is 2. The summed E-state index contributed by atoms with van der Waals surface area (Å²) in [5.41, 5.74) is 6.28. The molecule has 2 aliphatic heterocycles. The summed E-state index contributed by atoms with van der Waals surface area (Å²) < 4.78 is 30.5. The number of halogens is 2. The highest BCUT2D eigenvalue weighted by Crippen LogP contribution is 2.65. The minimum Gasteiger partial charge on any atom is -0.355 e. The Kier molecular flexibility index (Phi) is 7.60. The lowest BCUT2D eigenvalue weighted by atomic mass is 9.70. The fourth-order valence-corrected chi connectivity index (χ4v) is 9.76. The Morgan fingerprint density at radius 3 is 2.46 bits per heavy atom. The molecule has 2 aromatic carbocycles. The number of nitrogens with one attached hydrogen (secondary N) is 2. The first kappa shape index (κ1) is 33.5. The number of likely N-dealkylation sites (tertiary alicyclic amines) is 1. The van der Waals surface area contributed by atoms with Crippen LogP contribution in [0.25, 0.3) is 22.3 Å². The van der Waals surface area contributed by atoms with Crippen LogP contribution in [0.1, 0.15) is 99.2 Å². The van der Waals surface area contributed by atoms with Gasteiger partial charge in [-0.15, -0.1) is 0 Å². The fraction of sp³-hybridized carbons (Fsp3) is 0.512. The van der Waals surface area contributed by atoms with Crippen molar-refractivity contribution in [2.24, 2.45) is 5.41 Å². The molecule has 3 saturated carbocycles. The van der Waals surface area contributed by atoms with Crippen LogP contribution in [0.3, 0.4) is 0 Å². The molecule has 272 valence electrons. The lowest BCUT2D eigenvalue weighted by Crippen LogP contribution is -2.56. The van der Waals surface area contributed by atoms with E-state index in [-0.39, 0.29) is 36.4 Å². The average Bonchev–Trinajstić information content (AvgIpc) is 3.51. The lowest BCUT2D eigenvalue weighted by molar-refractivity contribution is -0.125. The van der Waals surface area contributed by atoms with Crippen molar-refractivity contribution in [3.63, 3.8) is 0 Å². The molecule has 11 heteroatoms. The molecule has 4 fully saturated rings. The number of rotatable bonds is 7. The number of carbonyl (C=O) groups excluding carboxylic acids is 2. The first-order chi connectivity index (χ1) is 24.9. The quantitative estimate of drug-likeness (QED) is 0.203. The molecule has 0 bridgehead atoms. The second kappa shape index (κ2) is 11.8. The third-order valence-electron chi connectivity index (χ3n) is 13.0. The van der Waals surface area contributed by atoms with Gasteiger partial charge in [0.15, 0.2) is 5.82 Å². The normalized spacial score (nSPS) is 26.0. The molecule has 2 spiro atoms. The van der Waals surface area contributed by atoms with Crippen molar-refractivity contribution in [1.29, 1.82) is 0 Å². The van der Waals surface area contributed by atoms with Crippen LogP contribution in [0, 0.1) is 12.3 Å². The van der Waals surface area contributed by atoms with E-state index in [2.05, 4.69) is 57.0 Å². The number of alkyl halides is 2. The molecule has 1 saturated heterocycles. The van der Waals surface area contributed by atoms with Crippen LogP contribution in [-0.4, -0.2) is 69.4 Å². The molecule has 9 nitrogen and oxygen atoms in total. The van der Waals surface area contributed by atoms with E-state index in [0.29, 0.717) is 24.3 Å². The van der Waals surface area contributed by atoms with Crippen molar-refractivity contribution in [3.05, 3.63) is 65.5 Å². The maximum atomic E-state index is 14.6. The number of amides is 2. The zero-order chi connectivity index (χ0) is 36.2. The van der Waals surface area contributed by atoms with Crippen LogP contribution in [0.15, 0.2) is 48.8 Å². The third kappa shape index (κ3) is 5.01. The van der Waals surface area contributed by atoms with Gasteiger partial charge >= 0.3 is 0 Å². The van der Waals surface area contributed by atoms with E-state index < -0.39 is 16.8 Å². The smallest absolute Gasteiger partial charge is 0.255 e. The topological polar surface area (TPSA) is 95.4 Å². The van der Waals surface area contributed by atoms with Crippen molar-refractivity contribution in [2.75, 3.05) is 30.4 Å². The molecular formula is C41H47F2N7O2. The summed E-state index contributed by atoms with van der Waals surface area (Å²) in [7, 11) is 1.63. The summed E-state index contributed by atoms with van der Waals surface area (Å²) in [4.78, 5) is 41.6. The molecule has 2 amide bonds. The molecule has 2 aromatic heterocycles. The first-order valence-corrected chi connectivity index (χ1v) is 19.0. The van der Waals surface area contributed by atoms with Crippen molar-refractivity contribution in [2.45, 2.75) is 108 Å². The van der Waals surface area contributed by atoms with Crippen LogP contribution in [0.2, 0.25) is 0 Å². The number of aryl methyl sites for hydroxylation is 1. The number of benzene rings is 2. The second-order valence-electron chi connectivity index (χ2n) is 16.4. The number of imidazole rings is 1. The van der Waals surface area contributed by atoms with E-state index in [0.717, 1.165) is 96.3 Å². The summed E-state index contributed by atoms with van der Waals surface area (Å²) in [5, 5.41) is 6.24. The van der Waals surface area contributed by atoms with Gasteiger partial charge in [0.2, 0.25) is 5.91 Å². The maximum Gasteiger partial charge on any atom is 0.255 e. The predicted molar refractivity (Wildman–Crippen MR) is 198 cm³/mol. The summed E-state index contributed by atoms with van der Waals surface area (Å²) in [5.74, 6) is -1.83. The lowest BCUT2D eigenvalue weighted by Gasteiger charge is -2.46. The summed E-state index contributed by atoms with van der Waals surface area (Å²) in [6.07, 6.45) is 8.97. The van der Waals surface area contributed by atoms with Gasteiger partial charge in [-0.25, -0.2) is 18.7 Å². The largest absolute Gasteiger partial charge is 0.355 e. The zero-order valence-electron chi connectivity index (χ0n) is 30.4. The molecule has 2 N–H and O–H groups in total. The van der Waals surface area contributed by atoms with Crippen molar-refractivity contribution >= 4 is 40.0 Å². The van der Waals surface area contributed by atoms with Gasteiger partial charge in [0, 0.05) is 60.6 Å². The molecule has 4 aromatic rings. The average molecular weight is 708 g/mol. The van der Waals surface area contributed by atoms with Crippen molar-refractivity contribution in [3.8, 4) is 11.3 Å². The molecule has 0 radical (unpaired) electrons. The van der Waals surface area contributed by atoms with Crippen molar-refractivity contribution in [1.82, 2.24) is 24.8 Å². The first-order valence-electron chi connectivity index (χ1n) is 19.0. The second-order valence-corrected chi connectivity index (χ2v) is 16.4. The van der Waals surface area contributed by atoms with E-state index in [1.165, 1.54) is 0 Å².